The van der Waals surface area contributed by atoms with Crippen molar-refractivity contribution in [1.29, 1.82) is 5.26 Å². The van der Waals surface area contributed by atoms with E-state index in [-0.39, 0.29) is 10.8 Å². The molecule has 202 valence electrons. The molecule has 0 aliphatic carbocycles. The van der Waals surface area contributed by atoms with Crippen molar-refractivity contribution in [3.05, 3.63) is 112 Å². The maximum atomic E-state index is 9.16. The van der Waals surface area contributed by atoms with Gasteiger partial charge in [-0.3, -0.25) is 9.97 Å². The number of aromatic nitrogens is 2. The summed E-state index contributed by atoms with van der Waals surface area (Å²) in [4.78, 5) is 13.5. The molecule has 2 heterocycles. The van der Waals surface area contributed by atoms with Gasteiger partial charge in [0.1, 0.15) is 0 Å². The highest BCUT2D eigenvalue weighted by Crippen LogP contribution is 2.30. The van der Waals surface area contributed by atoms with Crippen LogP contribution in [0.5, 0.6) is 0 Å². The Hall–Kier alpha value is -4.28. The number of aryl methyl sites for hydroxylation is 2. The molecule has 0 saturated heterocycles. The molecule has 0 saturated carbocycles. The van der Waals surface area contributed by atoms with E-state index in [1.807, 2.05) is 48.5 Å². The van der Waals surface area contributed by atoms with Crippen LogP contribution in [0.3, 0.4) is 0 Å². The van der Waals surface area contributed by atoms with Crippen molar-refractivity contribution in [1.82, 2.24) is 9.97 Å². The fraction of sp³-hybridized carbons (Fsp3) is 0.333. The van der Waals surface area contributed by atoms with Gasteiger partial charge in [-0.25, -0.2) is 4.85 Å². The van der Waals surface area contributed by atoms with E-state index in [1.165, 1.54) is 11.1 Å². The number of hydrogen-bond donors (Lipinski definition) is 0. The zero-order valence-corrected chi connectivity index (χ0v) is 24.5. The van der Waals surface area contributed by atoms with Crippen LogP contribution in [0.4, 0.5) is 5.69 Å². The molecule has 4 aromatic rings. The summed E-state index contributed by atoms with van der Waals surface area (Å²) < 4.78 is 0. The summed E-state index contributed by atoms with van der Waals surface area (Å²) in [5.41, 5.74) is 10.1. The second kappa shape index (κ2) is 11.8. The molecule has 0 bridgehead atoms. The first-order chi connectivity index (χ1) is 19.0. The number of benzene rings is 2. The summed E-state index contributed by atoms with van der Waals surface area (Å²) in [6.45, 7) is 20.6. The lowest BCUT2D eigenvalue weighted by molar-refractivity contribution is 0.585. The molecular formula is C36H38N4. The molecule has 4 nitrogen and oxygen atoms in total. The number of nitrogens with zero attached hydrogens (tertiary/aromatic N) is 4. The molecule has 0 unspecified atom stereocenters. The molecule has 2 aromatic heterocycles. The molecule has 0 amide bonds. The Morgan fingerprint density at radius 3 is 1.48 bits per heavy atom. The molecular weight excluding hydrogens is 488 g/mol. The topological polar surface area (TPSA) is 53.9 Å². The van der Waals surface area contributed by atoms with Crippen molar-refractivity contribution < 1.29 is 0 Å². The zero-order valence-electron chi connectivity index (χ0n) is 24.5. The van der Waals surface area contributed by atoms with Crippen LogP contribution in [0.25, 0.3) is 27.4 Å². The Labute approximate surface area is 239 Å². The van der Waals surface area contributed by atoms with Crippen LogP contribution in [0.1, 0.15) is 82.5 Å². The van der Waals surface area contributed by atoms with E-state index in [1.54, 1.807) is 0 Å². The van der Waals surface area contributed by atoms with Crippen LogP contribution < -0.4 is 0 Å². The first-order valence-corrected chi connectivity index (χ1v) is 14.0. The van der Waals surface area contributed by atoms with Gasteiger partial charge in [-0.05, 0) is 89.6 Å². The summed E-state index contributed by atoms with van der Waals surface area (Å²) in [6, 6.07) is 26.4. The number of pyridine rings is 2. The number of nitriles is 1. The molecule has 2 aromatic carbocycles. The highest BCUT2D eigenvalue weighted by Gasteiger charge is 2.18. The Morgan fingerprint density at radius 2 is 1.10 bits per heavy atom. The lowest BCUT2D eigenvalue weighted by atomic mass is 9.85. The van der Waals surface area contributed by atoms with Gasteiger partial charge in [-0.2, -0.15) is 5.26 Å². The van der Waals surface area contributed by atoms with Crippen LogP contribution in [0, 0.1) is 17.9 Å². The van der Waals surface area contributed by atoms with Gasteiger partial charge in [0.25, 0.3) is 0 Å². The number of hydrogen-bond acceptors (Lipinski definition) is 3. The van der Waals surface area contributed by atoms with Crippen molar-refractivity contribution >= 4 is 5.69 Å². The van der Waals surface area contributed by atoms with Gasteiger partial charge in [0.2, 0.25) is 0 Å². The molecule has 0 fully saturated rings. The van der Waals surface area contributed by atoms with E-state index in [9.17, 15) is 0 Å². The molecule has 0 spiro atoms. The van der Waals surface area contributed by atoms with Gasteiger partial charge in [-0.1, -0.05) is 77.9 Å². The van der Waals surface area contributed by atoms with Gasteiger partial charge in [-0.15, -0.1) is 0 Å². The van der Waals surface area contributed by atoms with Crippen molar-refractivity contribution in [3.8, 4) is 28.6 Å². The van der Waals surface area contributed by atoms with E-state index >= 15 is 0 Å². The highest BCUT2D eigenvalue weighted by molar-refractivity contribution is 5.64. The molecule has 0 aliphatic rings. The summed E-state index contributed by atoms with van der Waals surface area (Å²) in [5.74, 6) is 0. The summed E-state index contributed by atoms with van der Waals surface area (Å²) in [7, 11) is 0. The van der Waals surface area contributed by atoms with Crippen molar-refractivity contribution in [2.75, 3.05) is 0 Å². The van der Waals surface area contributed by atoms with Crippen molar-refractivity contribution in [2.24, 2.45) is 0 Å². The minimum absolute atomic E-state index is 0.0136. The zero-order chi connectivity index (χ0) is 28.9. The van der Waals surface area contributed by atoms with Crippen molar-refractivity contribution in [2.45, 2.75) is 78.1 Å². The molecule has 0 radical (unpaired) electrons. The minimum atomic E-state index is 0.0136. The molecule has 0 aliphatic heterocycles. The smallest absolute Gasteiger partial charge is 0.187 e. The second-order valence-corrected chi connectivity index (χ2v) is 12.5. The Bertz CT molecular complexity index is 1430. The predicted octanol–water partition coefficient (Wildman–Crippen LogP) is 9.39. The third-order valence-electron chi connectivity index (χ3n) is 7.21. The van der Waals surface area contributed by atoms with E-state index in [0.717, 1.165) is 59.6 Å². The average Bonchev–Trinajstić information content (AvgIpc) is 2.94. The van der Waals surface area contributed by atoms with Crippen LogP contribution in [-0.4, -0.2) is 9.97 Å². The third kappa shape index (κ3) is 7.22. The van der Waals surface area contributed by atoms with Crippen LogP contribution in [0.2, 0.25) is 0 Å². The summed E-state index contributed by atoms with van der Waals surface area (Å²) >= 11 is 0. The Balaban J connectivity index is 1.52. The Kier molecular flexibility index (Phi) is 8.51. The normalized spacial score (nSPS) is 11.6. The van der Waals surface area contributed by atoms with E-state index in [4.69, 9.17) is 21.8 Å². The second-order valence-electron chi connectivity index (χ2n) is 12.5. The molecule has 4 rings (SSSR count). The van der Waals surface area contributed by atoms with Crippen LogP contribution in [-0.2, 0) is 23.7 Å². The maximum absolute atomic E-state index is 9.16. The van der Waals surface area contributed by atoms with E-state index in [0.29, 0.717) is 11.3 Å². The Morgan fingerprint density at radius 1 is 0.675 bits per heavy atom. The monoisotopic (exact) mass is 526 g/mol. The van der Waals surface area contributed by atoms with Gasteiger partial charge in [0.05, 0.1) is 29.6 Å². The van der Waals surface area contributed by atoms with Crippen LogP contribution in [0.15, 0.2) is 72.8 Å². The summed E-state index contributed by atoms with van der Waals surface area (Å²) in [6.07, 6.45) is 3.84. The summed E-state index contributed by atoms with van der Waals surface area (Å²) in [5, 5.41) is 9.16. The van der Waals surface area contributed by atoms with Gasteiger partial charge >= 0.3 is 0 Å². The van der Waals surface area contributed by atoms with E-state index < -0.39 is 0 Å². The van der Waals surface area contributed by atoms with Gasteiger partial charge in [0.15, 0.2) is 5.69 Å². The molecule has 0 atom stereocenters. The number of unbranched alkanes of at least 4 members (excludes halogenated alkanes) is 1. The standard InChI is InChI=1S/C36H38N4/c1-35(2,3)28-20-31(39-33(22-28)26-14-12-25(24-37)13-15-26)10-8-9-11-32-21-29(36(4,5)6)23-34(40-32)27-16-18-30(38-7)19-17-27/h12-23H,8-11H2,1-6H3. The van der Waals surface area contributed by atoms with Gasteiger partial charge < -0.3 is 0 Å². The lowest BCUT2D eigenvalue weighted by Gasteiger charge is -2.21. The first kappa shape index (κ1) is 28.7. The first-order valence-electron chi connectivity index (χ1n) is 14.0. The quantitative estimate of drug-likeness (QED) is 0.178. The maximum Gasteiger partial charge on any atom is 0.187 e. The van der Waals surface area contributed by atoms with Gasteiger partial charge in [0, 0.05) is 17.0 Å². The molecule has 0 N–H and O–H groups in total. The minimum Gasteiger partial charge on any atom is -0.253 e. The lowest BCUT2D eigenvalue weighted by Crippen LogP contribution is -2.13. The van der Waals surface area contributed by atoms with Crippen LogP contribution >= 0.6 is 0 Å². The fourth-order valence-electron chi connectivity index (χ4n) is 4.63. The third-order valence-corrected chi connectivity index (χ3v) is 7.21. The molecule has 40 heavy (non-hydrogen) atoms. The van der Waals surface area contributed by atoms with E-state index in [2.05, 4.69) is 76.7 Å². The largest absolute Gasteiger partial charge is 0.253 e. The van der Waals surface area contributed by atoms with Crippen molar-refractivity contribution in [3.63, 3.8) is 0 Å². The SMILES string of the molecule is [C-]#[N+]c1ccc(-c2cc(C(C)(C)C)cc(CCCCc3cc(C(C)(C)C)cc(-c4ccc(C#N)cc4)n3)n2)cc1. The highest BCUT2D eigenvalue weighted by atomic mass is 14.7. The fourth-order valence-corrected chi connectivity index (χ4v) is 4.63. The number of rotatable bonds is 7. The average molecular weight is 527 g/mol. The predicted molar refractivity (Wildman–Crippen MR) is 164 cm³/mol. The molecule has 4 heteroatoms.